The number of aryl methyl sites for hydroxylation is 1. The monoisotopic (exact) mass is 424 g/mol. The summed E-state index contributed by atoms with van der Waals surface area (Å²) in [5.41, 5.74) is 1.63. The van der Waals surface area contributed by atoms with Gasteiger partial charge in [-0.25, -0.2) is 8.42 Å². The first-order valence-electron chi connectivity index (χ1n) is 8.96. The molecule has 0 aliphatic rings. The van der Waals surface area contributed by atoms with E-state index in [1.54, 1.807) is 56.3 Å². The fourth-order valence-corrected chi connectivity index (χ4v) is 4.34. The molecule has 0 unspecified atom stereocenters. The van der Waals surface area contributed by atoms with Crippen molar-refractivity contribution in [1.82, 2.24) is 0 Å². The van der Waals surface area contributed by atoms with Gasteiger partial charge in [-0.3, -0.25) is 9.10 Å². The number of carbonyl (C=O) groups excluding carboxylic acids is 1. The summed E-state index contributed by atoms with van der Waals surface area (Å²) in [6.07, 6.45) is 1.37. The van der Waals surface area contributed by atoms with Crippen LogP contribution >= 0.6 is 11.6 Å². The summed E-state index contributed by atoms with van der Waals surface area (Å²) in [5.74, 6) is 0.194. The fraction of sp³-hybridized carbons (Fsp3) is 0.350. The Bertz CT molecular complexity index is 947. The Morgan fingerprint density at radius 3 is 2.54 bits per heavy atom. The van der Waals surface area contributed by atoms with Gasteiger partial charge in [0, 0.05) is 16.8 Å². The van der Waals surface area contributed by atoms with E-state index in [0.29, 0.717) is 34.3 Å². The lowest BCUT2D eigenvalue weighted by Gasteiger charge is -2.31. The maximum atomic E-state index is 13.0. The van der Waals surface area contributed by atoms with Crippen molar-refractivity contribution in [2.75, 3.05) is 22.5 Å². The number of nitrogens with zero attached hydrogens (tertiary/aromatic N) is 1. The molecule has 0 aliphatic heterocycles. The van der Waals surface area contributed by atoms with E-state index in [9.17, 15) is 13.2 Å². The second kappa shape index (κ2) is 9.30. The molecule has 0 radical (unpaired) electrons. The van der Waals surface area contributed by atoms with Crippen molar-refractivity contribution >= 4 is 38.9 Å². The van der Waals surface area contributed by atoms with Crippen LogP contribution in [0.25, 0.3) is 0 Å². The topological polar surface area (TPSA) is 75.7 Å². The zero-order chi connectivity index (χ0) is 20.9. The average Bonchev–Trinajstić information content (AvgIpc) is 2.61. The Morgan fingerprint density at radius 2 is 1.93 bits per heavy atom. The van der Waals surface area contributed by atoms with Crippen LogP contribution in [0, 0.1) is 6.92 Å². The summed E-state index contributed by atoms with van der Waals surface area (Å²) >= 11 is 6.08. The number of rotatable bonds is 8. The predicted octanol–water partition coefficient (Wildman–Crippen LogP) is 4.23. The lowest BCUT2D eigenvalue weighted by atomic mass is 10.1. The minimum Gasteiger partial charge on any atom is -0.494 e. The van der Waals surface area contributed by atoms with Crippen molar-refractivity contribution < 1.29 is 17.9 Å². The minimum atomic E-state index is -3.73. The van der Waals surface area contributed by atoms with Crippen molar-refractivity contribution in [2.24, 2.45) is 0 Å². The van der Waals surface area contributed by atoms with Gasteiger partial charge in [-0.05, 0) is 50.1 Å². The molecular weight excluding hydrogens is 400 g/mol. The maximum Gasteiger partial charge on any atom is 0.248 e. The summed E-state index contributed by atoms with van der Waals surface area (Å²) in [4.78, 5) is 13.0. The van der Waals surface area contributed by atoms with Crippen LogP contribution in [0.1, 0.15) is 25.8 Å². The van der Waals surface area contributed by atoms with Gasteiger partial charge in [-0.15, -0.1) is 0 Å². The van der Waals surface area contributed by atoms with Gasteiger partial charge in [0.05, 0.1) is 18.6 Å². The van der Waals surface area contributed by atoms with Gasteiger partial charge < -0.3 is 10.1 Å². The highest BCUT2D eigenvalue weighted by Gasteiger charge is 2.32. The molecule has 152 valence electrons. The number of carbonyl (C=O) groups is 1. The van der Waals surface area contributed by atoms with E-state index in [2.05, 4.69) is 5.32 Å². The lowest BCUT2D eigenvalue weighted by molar-refractivity contribution is -0.117. The number of sulfonamides is 1. The van der Waals surface area contributed by atoms with Gasteiger partial charge in [0.2, 0.25) is 15.9 Å². The SMILES string of the molecule is CCOc1cccc(NC(=O)[C@@H](CC)N(c2cc(Cl)ccc2C)S(C)(=O)=O)c1. The van der Waals surface area contributed by atoms with E-state index in [1.165, 1.54) is 0 Å². The Balaban J connectivity index is 2.39. The van der Waals surface area contributed by atoms with Crippen LogP contribution in [-0.2, 0) is 14.8 Å². The summed E-state index contributed by atoms with van der Waals surface area (Å²) in [5, 5.41) is 3.19. The van der Waals surface area contributed by atoms with E-state index < -0.39 is 22.0 Å². The van der Waals surface area contributed by atoms with Crippen molar-refractivity contribution in [3.63, 3.8) is 0 Å². The zero-order valence-electron chi connectivity index (χ0n) is 16.4. The Kier molecular flexibility index (Phi) is 7.32. The molecule has 6 nitrogen and oxygen atoms in total. The average molecular weight is 425 g/mol. The molecule has 1 N–H and O–H groups in total. The minimum absolute atomic E-state index is 0.288. The molecule has 2 aromatic rings. The van der Waals surface area contributed by atoms with Crippen LogP contribution in [-0.4, -0.2) is 33.2 Å². The van der Waals surface area contributed by atoms with Gasteiger partial charge in [0.1, 0.15) is 11.8 Å². The highest BCUT2D eigenvalue weighted by atomic mass is 35.5. The van der Waals surface area contributed by atoms with Crippen molar-refractivity contribution in [3.8, 4) is 5.75 Å². The first kappa shape index (κ1) is 22.0. The van der Waals surface area contributed by atoms with Crippen molar-refractivity contribution in [3.05, 3.63) is 53.1 Å². The van der Waals surface area contributed by atoms with Crippen LogP contribution in [0.2, 0.25) is 5.02 Å². The van der Waals surface area contributed by atoms with Gasteiger partial charge in [0.15, 0.2) is 0 Å². The molecule has 0 aromatic heterocycles. The Hall–Kier alpha value is -2.25. The van der Waals surface area contributed by atoms with Crippen LogP contribution < -0.4 is 14.4 Å². The van der Waals surface area contributed by atoms with E-state index in [-0.39, 0.29) is 6.42 Å². The van der Waals surface area contributed by atoms with Crippen LogP contribution in [0.3, 0.4) is 0 Å². The van der Waals surface area contributed by atoms with Crippen LogP contribution in [0.4, 0.5) is 11.4 Å². The largest absolute Gasteiger partial charge is 0.494 e. The number of hydrogen-bond acceptors (Lipinski definition) is 4. The molecule has 0 saturated heterocycles. The normalized spacial score (nSPS) is 12.3. The number of anilines is 2. The van der Waals surface area contributed by atoms with E-state index in [1.807, 2.05) is 6.92 Å². The molecule has 0 heterocycles. The number of hydrogen-bond donors (Lipinski definition) is 1. The quantitative estimate of drug-likeness (QED) is 0.688. The molecule has 0 fully saturated rings. The highest BCUT2D eigenvalue weighted by Crippen LogP contribution is 2.29. The molecule has 0 saturated carbocycles. The summed E-state index contributed by atoms with van der Waals surface area (Å²) in [7, 11) is -3.73. The number of amides is 1. The van der Waals surface area contributed by atoms with Crippen molar-refractivity contribution in [1.29, 1.82) is 0 Å². The smallest absolute Gasteiger partial charge is 0.248 e. The molecule has 28 heavy (non-hydrogen) atoms. The van der Waals surface area contributed by atoms with Crippen LogP contribution in [0.15, 0.2) is 42.5 Å². The standard InChI is InChI=1S/C20H25ClN2O4S/c1-5-18(20(24)22-16-8-7-9-17(13-16)27-6-2)23(28(4,25)26)19-12-15(21)11-10-14(19)3/h7-13,18H,5-6H2,1-4H3,(H,22,24)/t18-/m1/s1. The molecule has 2 aromatic carbocycles. The predicted molar refractivity (Wildman–Crippen MR) is 114 cm³/mol. The van der Waals surface area contributed by atoms with Gasteiger partial charge >= 0.3 is 0 Å². The van der Waals surface area contributed by atoms with E-state index in [0.717, 1.165) is 10.6 Å². The third kappa shape index (κ3) is 5.39. The number of benzene rings is 2. The number of ether oxygens (including phenoxy) is 1. The molecule has 1 atom stereocenters. The summed E-state index contributed by atoms with van der Waals surface area (Å²) in [6, 6.07) is 11.0. The molecule has 0 bridgehead atoms. The second-order valence-electron chi connectivity index (χ2n) is 6.36. The summed E-state index contributed by atoms with van der Waals surface area (Å²) in [6.45, 7) is 5.92. The first-order valence-corrected chi connectivity index (χ1v) is 11.2. The molecule has 1 amide bonds. The molecule has 2 rings (SSSR count). The van der Waals surface area contributed by atoms with Gasteiger partial charge in [-0.1, -0.05) is 30.7 Å². The molecule has 0 spiro atoms. The lowest BCUT2D eigenvalue weighted by Crippen LogP contribution is -2.47. The number of nitrogens with one attached hydrogen (secondary N) is 1. The highest BCUT2D eigenvalue weighted by molar-refractivity contribution is 7.92. The maximum absolute atomic E-state index is 13.0. The third-order valence-corrected chi connectivity index (χ3v) is 5.55. The first-order chi connectivity index (χ1) is 13.2. The Morgan fingerprint density at radius 1 is 1.21 bits per heavy atom. The summed E-state index contributed by atoms with van der Waals surface area (Å²) < 4.78 is 31.7. The molecular formula is C20H25ClN2O4S. The van der Waals surface area contributed by atoms with Gasteiger partial charge in [0.25, 0.3) is 0 Å². The second-order valence-corrected chi connectivity index (χ2v) is 8.66. The fourth-order valence-electron chi connectivity index (χ4n) is 2.91. The van der Waals surface area contributed by atoms with E-state index >= 15 is 0 Å². The van der Waals surface area contributed by atoms with Crippen LogP contribution in [0.5, 0.6) is 5.75 Å². The van der Waals surface area contributed by atoms with Gasteiger partial charge in [-0.2, -0.15) is 0 Å². The molecule has 8 heteroatoms. The van der Waals surface area contributed by atoms with E-state index in [4.69, 9.17) is 16.3 Å². The molecule has 0 aliphatic carbocycles. The number of halogens is 1. The third-order valence-electron chi connectivity index (χ3n) is 4.15. The Labute approximate surface area is 171 Å². The zero-order valence-corrected chi connectivity index (χ0v) is 18.0. The van der Waals surface area contributed by atoms with Crippen molar-refractivity contribution in [2.45, 2.75) is 33.2 Å².